The maximum absolute atomic E-state index is 13.2. The van der Waals surface area contributed by atoms with Gasteiger partial charge in [-0.15, -0.1) is 10.2 Å². The third-order valence-corrected chi connectivity index (χ3v) is 6.55. The zero-order valence-corrected chi connectivity index (χ0v) is 21.1. The van der Waals surface area contributed by atoms with Crippen molar-refractivity contribution in [3.05, 3.63) is 89.5 Å². The molecular formula is C27H27N5O3S. The van der Waals surface area contributed by atoms with Crippen LogP contribution in [-0.2, 0) is 11.2 Å². The lowest BCUT2D eigenvalue weighted by Crippen LogP contribution is -2.46. The van der Waals surface area contributed by atoms with Gasteiger partial charge in [0.2, 0.25) is 11.0 Å². The summed E-state index contributed by atoms with van der Waals surface area (Å²) in [6.45, 7) is 3.99. The lowest BCUT2D eigenvalue weighted by atomic mass is 10.1. The molecule has 1 unspecified atom stereocenters. The van der Waals surface area contributed by atoms with Gasteiger partial charge in [0, 0.05) is 17.7 Å². The summed E-state index contributed by atoms with van der Waals surface area (Å²) in [7, 11) is 1.61. The molecule has 9 heteroatoms. The highest BCUT2D eigenvalue weighted by molar-refractivity contribution is 7.18. The number of methoxy groups -OCH3 is 1. The number of amides is 3. The Morgan fingerprint density at radius 3 is 2.36 bits per heavy atom. The molecule has 0 aliphatic carbocycles. The van der Waals surface area contributed by atoms with E-state index < -0.39 is 12.1 Å². The second-order valence-corrected chi connectivity index (χ2v) is 9.25. The first-order chi connectivity index (χ1) is 17.4. The summed E-state index contributed by atoms with van der Waals surface area (Å²) in [6.07, 6.45) is 0.317. The van der Waals surface area contributed by atoms with E-state index in [-0.39, 0.29) is 5.91 Å². The maximum atomic E-state index is 13.2. The van der Waals surface area contributed by atoms with Gasteiger partial charge in [-0.25, -0.2) is 4.79 Å². The predicted molar refractivity (Wildman–Crippen MR) is 143 cm³/mol. The van der Waals surface area contributed by atoms with Gasteiger partial charge in [0.15, 0.2) is 0 Å². The summed E-state index contributed by atoms with van der Waals surface area (Å²) in [6, 6.07) is 21.3. The van der Waals surface area contributed by atoms with Crippen molar-refractivity contribution in [3.63, 3.8) is 0 Å². The highest BCUT2D eigenvalue weighted by atomic mass is 32.1. The Morgan fingerprint density at radius 1 is 0.917 bits per heavy atom. The van der Waals surface area contributed by atoms with Crippen molar-refractivity contribution in [2.75, 3.05) is 17.7 Å². The van der Waals surface area contributed by atoms with E-state index >= 15 is 0 Å². The van der Waals surface area contributed by atoms with E-state index in [4.69, 9.17) is 4.74 Å². The number of carbonyl (C=O) groups is 2. The molecule has 0 saturated carbocycles. The zero-order valence-electron chi connectivity index (χ0n) is 20.2. The third kappa shape index (κ3) is 6.45. The molecule has 0 aliphatic heterocycles. The summed E-state index contributed by atoms with van der Waals surface area (Å²) >= 11 is 1.25. The molecule has 3 aromatic carbocycles. The Balaban J connectivity index is 1.47. The molecule has 8 nitrogen and oxygen atoms in total. The number of rotatable bonds is 8. The van der Waals surface area contributed by atoms with Crippen LogP contribution >= 0.6 is 11.3 Å². The SMILES string of the molecule is COc1ccc(-c2nnc(NC(=O)C(Cc3ccccc3)NC(=O)Nc3ccc(C)c(C)c3)s2)cc1. The van der Waals surface area contributed by atoms with Crippen LogP contribution in [0.2, 0.25) is 0 Å². The molecule has 1 aromatic heterocycles. The standard InChI is InChI=1S/C27H27N5O3S/c1-17-9-12-21(15-18(17)2)28-26(34)29-23(16-19-7-5-4-6-8-19)24(33)30-27-32-31-25(36-27)20-10-13-22(35-3)14-11-20/h4-15,23H,16H2,1-3H3,(H2,28,29,34)(H,30,32,33). The quantitative estimate of drug-likeness (QED) is 0.308. The number of ether oxygens (including phenoxy) is 1. The third-order valence-electron chi connectivity index (χ3n) is 5.66. The van der Waals surface area contributed by atoms with Crippen LogP contribution in [0.15, 0.2) is 72.8 Å². The van der Waals surface area contributed by atoms with Crippen LogP contribution in [0, 0.1) is 13.8 Å². The number of hydrogen-bond acceptors (Lipinski definition) is 6. The van der Waals surface area contributed by atoms with Crippen molar-refractivity contribution in [1.82, 2.24) is 15.5 Å². The van der Waals surface area contributed by atoms with Crippen molar-refractivity contribution in [1.29, 1.82) is 0 Å². The number of carbonyl (C=O) groups excluding carboxylic acids is 2. The van der Waals surface area contributed by atoms with Gasteiger partial charge in [0.25, 0.3) is 0 Å². The topological polar surface area (TPSA) is 105 Å². The molecule has 3 N–H and O–H groups in total. The first-order valence-electron chi connectivity index (χ1n) is 11.4. The molecule has 184 valence electrons. The molecular weight excluding hydrogens is 474 g/mol. The second-order valence-electron chi connectivity index (χ2n) is 8.27. The van der Waals surface area contributed by atoms with Crippen LogP contribution < -0.4 is 20.7 Å². The smallest absolute Gasteiger partial charge is 0.319 e. The van der Waals surface area contributed by atoms with E-state index in [1.165, 1.54) is 11.3 Å². The Hall–Kier alpha value is -4.24. The lowest BCUT2D eigenvalue weighted by molar-refractivity contribution is -0.117. The summed E-state index contributed by atoms with van der Waals surface area (Å²) < 4.78 is 5.19. The van der Waals surface area contributed by atoms with Gasteiger partial charge in [-0.1, -0.05) is 47.7 Å². The zero-order chi connectivity index (χ0) is 25.5. The van der Waals surface area contributed by atoms with E-state index in [2.05, 4.69) is 26.1 Å². The second kappa shape index (κ2) is 11.5. The van der Waals surface area contributed by atoms with Gasteiger partial charge in [-0.2, -0.15) is 0 Å². The molecule has 0 bridgehead atoms. The maximum Gasteiger partial charge on any atom is 0.319 e. The van der Waals surface area contributed by atoms with Gasteiger partial charge in [-0.3, -0.25) is 10.1 Å². The van der Waals surface area contributed by atoms with Crippen LogP contribution in [0.4, 0.5) is 15.6 Å². The summed E-state index contributed by atoms with van der Waals surface area (Å²) in [5.74, 6) is 0.359. The number of benzene rings is 3. The number of nitrogens with zero attached hydrogens (tertiary/aromatic N) is 2. The number of hydrogen-bond donors (Lipinski definition) is 3. The Bertz CT molecular complexity index is 1340. The van der Waals surface area contributed by atoms with E-state index in [0.717, 1.165) is 28.0 Å². The molecule has 4 rings (SSSR count). The van der Waals surface area contributed by atoms with Crippen molar-refractivity contribution >= 4 is 34.1 Å². The molecule has 0 spiro atoms. The number of aromatic nitrogens is 2. The lowest BCUT2D eigenvalue weighted by Gasteiger charge is -2.18. The van der Waals surface area contributed by atoms with Gasteiger partial charge < -0.3 is 15.4 Å². The average Bonchev–Trinajstić information content (AvgIpc) is 3.35. The normalized spacial score (nSPS) is 11.4. The van der Waals surface area contributed by atoms with E-state index in [1.54, 1.807) is 7.11 Å². The van der Waals surface area contributed by atoms with Crippen LogP contribution in [0.1, 0.15) is 16.7 Å². The molecule has 3 amide bonds. The fraction of sp³-hybridized carbons (Fsp3) is 0.185. The van der Waals surface area contributed by atoms with Crippen LogP contribution in [0.5, 0.6) is 5.75 Å². The molecule has 1 atom stereocenters. The minimum atomic E-state index is -0.827. The van der Waals surface area contributed by atoms with Crippen molar-refractivity contribution in [2.24, 2.45) is 0 Å². The number of urea groups is 1. The minimum absolute atomic E-state index is 0.317. The summed E-state index contributed by atoms with van der Waals surface area (Å²) in [5.41, 5.74) is 4.63. The monoisotopic (exact) mass is 501 g/mol. The summed E-state index contributed by atoms with van der Waals surface area (Å²) in [4.78, 5) is 26.0. The number of anilines is 2. The Morgan fingerprint density at radius 2 is 1.67 bits per heavy atom. The first kappa shape index (κ1) is 24.9. The van der Waals surface area contributed by atoms with E-state index in [1.807, 2.05) is 86.6 Å². The molecule has 4 aromatic rings. The fourth-order valence-corrected chi connectivity index (χ4v) is 4.27. The van der Waals surface area contributed by atoms with Gasteiger partial charge in [0.1, 0.15) is 16.8 Å². The molecule has 0 saturated heterocycles. The highest BCUT2D eigenvalue weighted by Crippen LogP contribution is 2.28. The van der Waals surface area contributed by atoms with Crippen molar-refractivity contribution in [2.45, 2.75) is 26.3 Å². The largest absolute Gasteiger partial charge is 0.497 e. The van der Waals surface area contributed by atoms with Crippen LogP contribution in [0.3, 0.4) is 0 Å². The fourth-order valence-electron chi connectivity index (χ4n) is 3.52. The van der Waals surface area contributed by atoms with Crippen LogP contribution in [0.25, 0.3) is 10.6 Å². The van der Waals surface area contributed by atoms with Gasteiger partial charge in [0.05, 0.1) is 7.11 Å². The Kier molecular flexibility index (Phi) is 7.92. The van der Waals surface area contributed by atoms with Gasteiger partial charge in [-0.05, 0) is 66.9 Å². The van der Waals surface area contributed by atoms with Crippen LogP contribution in [-0.4, -0.2) is 35.3 Å². The average molecular weight is 502 g/mol. The minimum Gasteiger partial charge on any atom is -0.497 e. The molecule has 1 heterocycles. The molecule has 36 heavy (non-hydrogen) atoms. The molecule has 0 aliphatic rings. The number of nitrogens with one attached hydrogen (secondary N) is 3. The molecule has 0 fully saturated rings. The number of aryl methyl sites for hydroxylation is 2. The van der Waals surface area contributed by atoms with E-state index in [0.29, 0.717) is 22.2 Å². The predicted octanol–water partition coefficient (Wildman–Crippen LogP) is 5.20. The van der Waals surface area contributed by atoms with Gasteiger partial charge >= 0.3 is 6.03 Å². The Labute approximate surface area is 213 Å². The highest BCUT2D eigenvalue weighted by Gasteiger charge is 2.23. The molecule has 0 radical (unpaired) electrons. The first-order valence-corrected chi connectivity index (χ1v) is 12.2. The summed E-state index contributed by atoms with van der Waals surface area (Å²) in [5, 5.41) is 17.7. The van der Waals surface area contributed by atoms with Crippen molar-refractivity contribution < 1.29 is 14.3 Å². The van der Waals surface area contributed by atoms with Crippen molar-refractivity contribution in [3.8, 4) is 16.3 Å². The van der Waals surface area contributed by atoms with E-state index in [9.17, 15) is 9.59 Å².